The summed E-state index contributed by atoms with van der Waals surface area (Å²) in [6, 6.07) is 0.316. The fourth-order valence-corrected chi connectivity index (χ4v) is 4.90. The van der Waals surface area contributed by atoms with Crippen LogP contribution in [0.1, 0.15) is 39.6 Å². The Hall–Kier alpha value is -1.43. The Labute approximate surface area is 114 Å². The van der Waals surface area contributed by atoms with Crippen LogP contribution < -0.4 is 5.32 Å². The second kappa shape index (κ2) is 3.79. The molecule has 3 aliphatic rings. The van der Waals surface area contributed by atoms with E-state index in [-0.39, 0.29) is 16.6 Å². The maximum absolute atomic E-state index is 12.0. The smallest absolute Gasteiger partial charge is 0.355 e. The molecule has 19 heavy (non-hydrogen) atoms. The minimum Gasteiger partial charge on any atom is -0.476 e. The number of nitrogens with zero attached hydrogens (tertiary/aromatic N) is 1. The van der Waals surface area contributed by atoms with Crippen molar-refractivity contribution >= 4 is 23.2 Å². The lowest BCUT2D eigenvalue weighted by Gasteiger charge is -2.09. The molecular formula is C13H14N2O3S. The highest BCUT2D eigenvalue weighted by molar-refractivity contribution is 7.11. The van der Waals surface area contributed by atoms with Gasteiger partial charge >= 0.3 is 5.97 Å². The SMILES string of the molecule is O=C(O)c1csc(C(=O)NC2C3C4CCC(C4)C23)n1. The predicted molar refractivity (Wildman–Crippen MR) is 68.1 cm³/mol. The van der Waals surface area contributed by atoms with Gasteiger partial charge in [-0.05, 0) is 42.9 Å². The van der Waals surface area contributed by atoms with Gasteiger partial charge in [-0.25, -0.2) is 9.78 Å². The average molecular weight is 278 g/mol. The molecule has 6 heteroatoms. The Morgan fingerprint density at radius 3 is 2.58 bits per heavy atom. The summed E-state index contributed by atoms with van der Waals surface area (Å²) in [7, 11) is 0. The monoisotopic (exact) mass is 278 g/mol. The van der Waals surface area contributed by atoms with Gasteiger partial charge in [0.2, 0.25) is 0 Å². The largest absolute Gasteiger partial charge is 0.476 e. The van der Waals surface area contributed by atoms with Crippen LogP contribution in [-0.4, -0.2) is 28.0 Å². The van der Waals surface area contributed by atoms with Crippen LogP contribution in [0.25, 0.3) is 0 Å². The first-order chi connectivity index (χ1) is 9.15. The van der Waals surface area contributed by atoms with Gasteiger partial charge in [0.05, 0.1) is 0 Å². The molecule has 2 N–H and O–H groups in total. The number of aromatic carboxylic acids is 1. The zero-order chi connectivity index (χ0) is 13.1. The van der Waals surface area contributed by atoms with E-state index < -0.39 is 5.97 Å². The van der Waals surface area contributed by atoms with E-state index in [0.717, 1.165) is 23.2 Å². The molecule has 0 aromatic carbocycles. The molecule has 3 fully saturated rings. The Balaban J connectivity index is 1.44. The number of hydrogen-bond acceptors (Lipinski definition) is 4. The van der Waals surface area contributed by atoms with E-state index in [4.69, 9.17) is 5.11 Å². The van der Waals surface area contributed by atoms with E-state index in [1.54, 1.807) is 0 Å². The fraction of sp³-hybridized carbons (Fsp3) is 0.615. The molecule has 100 valence electrons. The summed E-state index contributed by atoms with van der Waals surface area (Å²) < 4.78 is 0. The Morgan fingerprint density at radius 2 is 2.00 bits per heavy atom. The Morgan fingerprint density at radius 1 is 1.32 bits per heavy atom. The molecule has 4 rings (SSSR count). The zero-order valence-corrected chi connectivity index (χ0v) is 11.0. The third-order valence-electron chi connectivity index (χ3n) is 4.95. The first-order valence-corrected chi connectivity index (χ1v) is 7.53. The topological polar surface area (TPSA) is 79.3 Å². The molecule has 5 nitrogen and oxygen atoms in total. The van der Waals surface area contributed by atoms with Crippen LogP contribution in [0.15, 0.2) is 5.38 Å². The lowest BCUT2D eigenvalue weighted by molar-refractivity contribution is 0.0691. The zero-order valence-electron chi connectivity index (χ0n) is 10.2. The number of carboxylic acid groups (broad SMARTS) is 1. The summed E-state index contributed by atoms with van der Waals surface area (Å²) in [5.74, 6) is 1.69. The predicted octanol–water partition coefficient (Wildman–Crippen LogP) is 1.62. The highest BCUT2D eigenvalue weighted by Crippen LogP contribution is 2.65. The number of fused-ring (bicyclic) bond motifs is 5. The van der Waals surface area contributed by atoms with Gasteiger partial charge in [0.25, 0.3) is 5.91 Å². The minimum atomic E-state index is -1.09. The number of amides is 1. The van der Waals surface area contributed by atoms with Crippen LogP contribution >= 0.6 is 11.3 Å². The van der Waals surface area contributed by atoms with Crippen LogP contribution in [0, 0.1) is 23.7 Å². The molecule has 1 aromatic rings. The molecule has 0 saturated heterocycles. The quantitative estimate of drug-likeness (QED) is 0.880. The van der Waals surface area contributed by atoms with E-state index in [1.165, 1.54) is 24.6 Å². The van der Waals surface area contributed by atoms with E-state index in [2.05, 4.69) is 10.3 Å². The van der Waals surface area contributed by atoms with Gasteiger partial charge in [-0.1, -0.05) is 0 Å². The molecule has 3 aliphatic carbocycles. The van der Waals surface area contributed by atoms with E-state index >= 15 is 0 Å². The van der Waals surface area contributed by atoms with E-state index in [1.807, 2.05) is 0 Å². The van der Waals surface area contributed by atoms with Gasteiger partial charge in [-0.3, -0.25) is 4.79 Å². The molecule has 1 amide bonds. The van der Waals surface area contributed by atoms with Crippen LogP contribution in [0.5, 0.6) is 0 Å². The summed E-state index contributed by atoms with van der Waals surface area (Å²) >= 11 is 1.10. The molecule has 4 atom stereocenters. The number of carboxylic acids is 1. The molecule has 1 aromatic heterocycles. The minimum absolute atomic E-state index is 0.0498. The van der Waals surface area contributed by atoms with Crippen LogP contribution in [0.4, 0.5) is 0 Å². The Bertz CT molecular complexity index is 554. The molecule has 1 heterocycles. The number of carbonyl (C=O) groups excluding carboxylic acids is 1. The second-order valence-electron chi connectivity index (χ2n) is 5.83. The molecule has 2 bridgehead atoms. The number of carbonyl (C=O) groups is 2. The lowest BCUT2D eigenvalue weighted by Crippen LogP contribution is -2.29. The van der Waals surface area contributed by atoms with Crippen molar-refractivity contribution in [2.75, 3.05) is 0 Å². The Kier molecular flexibility index (Phi) is 2.27. The number of rotatable bonds is 3. The van der Waals surface area contributed by atoms with Gasteiger partial charge in [0.1, 0.15) is 0 Å². The number of nitrogens with one attached hydrogen (secondary N) is 1. The van der Waals surface area contributed by atoms with Crippen molar-refractivity contribution in [2.24, 2.45) is 23.7 Å². The standard InChI is InChI=1S/C13H14N2O3S/c16-11(12-14-7(4-19-12)13(17)18)15-10-8-5-1-2-6(3-5)9(8)10/h4-6,8-10H,1-3H2,(H,15,16)(H,17,18). The number of thiazole rings is 1. The summed E-state index contributed by atoms with van der Waals surface area (Å²) in [5.41, 5.74) is -0.0498. The van der Waals surface area contributed by atoms with Gasteiger partial charge in [-0.15, -0.1) is 11.3 Å². The molecule has 4 unspecified atom stereocenters. The first-order valence-electron chi connectivity index (χ1n) is 6.65. The maximum atomic E-state index is 12.0. The van der Waals surface area contributed by atoms with Crippen molar-refractivity contribution in [3.8, 4) is 0 Å². The fourth-order valence-electron chi connectivity index (χ4n) is 4.21. The number of hydrogen-bond donors (Lipinski definition) is 2. The van der Waals surface area contributed by atoms with Crippen molar-refractivity contribution in [1.82, 2.24) is 10.3 Å². The third-order valence-corrected chi connectivity index (χ3v) is 5.79. The van der Waals surface area contributed by atoms with Crippen molar-refractivity contribution in [2.45, 2.75) is 25.3 Å². The molecule has 0 spiro atoms. The lowest BCUT2D eigenvalue weighted by atomic mass is 10.0. The summed E-state index contributed by atoms with van der Waals surface area (Å²) in [6.45, 7) is 0. The highest BCUT2D eigenvalue weighted by Gasteiger charge is 2.65. The molecule has 0 radical (unpaired) electrons. The first kappa shape index (κ1) is 11.4. The van der Waals surface area contributed by atoms with Crippen molar-refractivity contribution in [3.63, 3.8) is 0 Å². The van der Waals surface area contributed by atoms with Gasteiger partial charge in [-0.2, -0.15) is 0 Å². The third kappa shape index (κ3) is 1.62. The maximum Gasteiger partial charge on any atom is 0.355 e. The van der Waals surface area contributed by atoms with Gasteiger partial charge in [0, 0.05) is 11.4 Å². The van der Waals surface area contributed by atoms with Crippen molar-refractivity contribution < 1.29 is 14.7 Å². The van der Waals surface area contributed by atoms with Gasteiger partial charge in [0.15, 0.2) is 10.7 Å². The second-order valence-corrected chi connectivity index (χ2v) is 6.69. The van der Waals surface area contributed by atoms with Crippen LogP contribution in [0.3, 0.4) is 0 Å². The highest BCUT2D eigenvalue weighted by atomic mass is 32.1. The normalized spacial score (nSPS) is 38.0. The summed E-state index contributed by atoms with van der Waals surface area (Å²) in [6.07, 6.45) is 3.99. The van der Waals surface area contributed by atoms with Crippen molar-refractivity contribution in [3.05, 3.63) is 16.1 Å². The molecule has 3 saturated carbocycles. The number of aromatic nitrogens is 1. The van der Waals surface area contributed by atoms with Crippen LogP contribution in [-0.2, 0) is 0 Å². The molecule has 0 aliphatic heterocycles. The summed E-state index contributed by atoms with van der Waals surface area (Å²) in [5, 5.41) is 13.5. The molecular weight excluding hydrogens is 264 g/mol. The van der Waals surface area contributed by atoms with Crippen molar-refractivity contribution in [1.29, 1.82) is 0 Å². The van der Waals surface area contributed by atoms with E-state index in [0.29, 0.717) is 17.9 Å². The van der Waals surface area contributed by atoms with E-state index in [9.17, 15) is 9.59 Å². The average Bonchev–Trinajstić information content (AvgIpc) is 2.87. The van der Waals surface area contributed by atoms with Gasteiger partial charge < -0.3 is 10.4 Å². The summed E-state index contributed by atoms with van der Waals surface area (Å²) in [4.78, 5) is 26.6. The van der Waals surface area contributed by atoms with Crippen LogP contribution in [0.2, 0.25) is 0 Å².